The van der Waals surface area contributed by atoms with Crippen LogP contribution >= 0.6 is 0 Å². The first-order chi connectivity index (χ1) is 6.26. The topological polar surface area (TPSA) is 59.4 Å². The predicted molar refractivity (Wildman–Crippen MR) is 47.3 cm³/mol. The van der Waals surface area contributed by atoms with E-state index in [0.29, 0.717) is 6.61 Å². The Hall–Kier alpha value is -1.13. The van der Waals surface area contributed by atoms with Crippen LogP contribution in [-0.2, 0) is 14.2 Å². The molecule has 1 rings (SSSR count). The van der Waals surface area contributed by atoms with Gasteiger partial charge in [-0.15, -0.1) is 0 Å². The van der Waals surface area contributed by atoms with Crippen molar-refractivity contribution >= 4 is 13.2 Å². The third-order valence-electron chi connectivity index (χ3n) is 1.85. The zero-order valence-corrected chi connectivity index (χ0v) is 7.58. The molecule has 1 saturated carbocycles. The maximum atomic E-state index is 10.9. The number of hydrogen-bond acceptors (Lipinski definition) is 4. The van der Waals surface area contributed by atoms with Gasteiger partial charge in [-0.3, -0.25) is 0 Å². The number of carbonyl (C=O) groups is 1. The summed E-state index contributed by atoms with van der Waals surface area (Å²) in [5, 5.41) is 6.69. The Morgan fingerprint density at radius 1 is 1.77 bits per heavy atom. The van der Waals surface area contributed by atoms with Crippen LogP contribution in [0.15, 0.2) is 11.6 Å². The molecule has 0 unspecified atom stereocenters. The molecule has 0 aromatic heterocycles. The van der Waals surface area contributed by atoms with Gasteiger partial charge in [0, 0.05) is 0 Å². The van der Waals surface area contributed by atoms with E-state index in [1.165, 1.54) is 6.08 Å². The first-order valence-corrected chi connectivity index (χ1v) is 4.27. The molecule has 0 radical (unpaired) electrons. The summed E-state index contributed by atoms with van der Waals surface area (Å²) in [7, 11) is 0.936. The monoisotopic (exact) mass is 181 g/mol. The van der Waals surface area contributed by atoms with Crippen LogP contribution in [0.4, 0.5) is 0 Å². The molecule has 0 amide bonds. The zero-order chi connectivity index (χ0) is 9.68. The molecule has 0 bridgehead atoms. The van der Waals surface area contributed by atoms with Crippen LogP contribution in [-0.4, -0.2) is 26.0 Å². The van der Waals surface area contributed by atoms with Gasteiger partial charge in [0.2, 0.25) is 0 Å². The quantitative estimate of drug-likeness (QED) is 0.400. The van der Waals surface area contributed by atoms with Crippen molar-refractivity contribution in [2.75, 3.05) is 6.61 Å². The van der Waals surface area contributed by atoms with Crippen molar-refractivity contribution < 1.29 is 14.2 Å². The SMILES string of the molecule is CCOC(=O)C=C1CC(OB=N)C1. The van der Waals surface area contributed by atoms with Crippen LogP contribution < -0.4 is 0 Å². The van der Waals surface area contributed by atoms with E-state index in [4.69, 9.17) is 14.7 Å². The van der Waals surface area contributed by atoms with E-state index in [2.05, 4.69) is 0 Å². The van der Waals surface area contributed by atoms with E-state index in [-0.39, 0.29) is 12.1 Å². The summed E-state index contributed by atoms with van der Waals surface area (Å²) in [5.41, 5.74) is 1.03. The fourth-order valence-electron chi connectivity index (χ4n) is 1.19. The normalized spacial score (nSPS) is 19.8. The number of nitrogens with one attached hydrogen (secondary N) is 1. The second kappa shape index (κ2) is 4.79. The summed E-state index contributed by atoms with van der Waals surface area (Å²) in [5.74, 6) is -0.286. The minimum atomic E-state index is -0.286. The summed E-state index contributed by atoms with van der Waals surface area (Å²) in [4.78, 5) is 10.9. The molecule has 0 saturated heterocycles. The van der Waals surface area contributed by atoms with Crippen molar-refractivity contribution in [1.82, 2.24) is 0 Å². The Morgan fingerprint density at radius 2 is 2.46 bits per heavy atom. The van der Waals surface area contributed by atoms with Gasteiger partial charge in [-0.25, -0.2) is 0 Å². The minimum absolute atomic E-state index is 0.0816. The average molecular weight is 181 g/mol. The average Bonchev–Trinajstić information content (AvgIpc) is 2.01. The number of hydrogen-bond donors (Lipinski definition) is 1. The molecule has 1 aliphatic carbocycles. The Labute approximate surface area is 77.7 Å². The van der Waals surface area contributed by atoms with Crippen LogP contribution in [0.5, 0.6) is 0 Å². The summed E-state index contributed by atoms with van der Waals surface area (Å²) >= 11 is 0. The molecule has 70 valence electrons. The van der Waals surface area contributed by atoms with Crippen molar-refractivity contribution in [3.63, 3.8) is 0 Å². The summed E-state index contributed by atoms with van der Waals surface area (Å²) in [6, 6.07) is 0. The first kappa shape index (κ1) is 9.96. The Morgan fingerprint density at radius 3 is 3.00 bits per heavy atom. The molecule has 1 N–H and O–H groups in total. The number of rotatable bonds is 4. The molecule has 5 heteroatoms. The van der Waals surface area contributed by atoms with Crippen molar-refractivity contribution in [1.29, 1.82) is 5.31 Å². The van der Waals surface area contributed by atoms with Gasteiger partial charge in [0.1, 0.15) is 0 Å². The summed E-state index contributed by atoms with van der Waals surface area (Å²) in [6.07, 6.45) is 3.05. The molecule has 1 fully saturated rings. The third kappa shape index (κ3) is 3.01. The maximum absolute atomic E-state index is 10.9. The molecule has 4 nitrogen and oxygen atoms in total. The van der Waals surface area contributed by atoms with Crippen molar-refractivity contribution in [2.45, 2.75) is 25.9 Å². The number of esters is 1. The van der Waals surface area contributed by atoms with Gasteiger partial charge in [0.05, 0.1) is 0 Å². The fourth-order valence-corrected chi connectivity index (χ4v) is 1.19. The van der Waals surface area contributed by atoms with E-state index in [1.807, 2.05) is 0 Å². The van der Waals surface area contributed by atoms with E-state index < -0.39 is 0 Å². The summed E-state index contributed by atoms with van der Waals surface area (Å²) < 4.78 is 9.64. The van der Waals surface area contributed by atoms with Gasteiger partial charge in [-0.2, -0.15) is 0 Å². The van der Waals surface area contributed by atoms with Crippen LogP contribution in [0.1, 0.15) is 19.8 Å². The molecule has 0 aromatic carbocycles. The molecular formula is C8H12BNO3. The Balaban J connectivity index is 2.25. The third-order valence-corrected chi connectivity index (χ3v) is 1.85. The van der Waals surface area contributed by atoms with Gasteiger partial charge >= 0.3 is 76.9 Å². The Bertz CT molecular complexity index is 232. The Kier molecular flexibility index (Phi) is 3.67. The van der Waals surface area contributed by atoms with E-state index in [0.717, 1.165) is 25.7 Å². The standard InChI is InChI=1S/C8H12BNO3/c1-2-12-8(11)5-6-3-7(4-6)13-9-10/h5,7,10H,2-4H2,1H3. The predicted octanol–water partition coefficient (Wildman–Crippen LogP) is 1.04. The molecule has 0 heterocycles. The van der Waals surface area contributed by atoms with Crippen molar-refractivity contribution in [3.8, 4) is 0 Å². The zero-order valence-electron chi connectivity index (χ0n) is 7.58. The van der Waals surface area contributed by atoms with Gasteiger partial charge < -0.3 is 0 Å². The number of ether oxygens (including phenoxy) is 1. The molecule has 0 atom stereocenters. The van der Waals surface area contributed by atoms with Gasteiger partial charge in [0.25, 0.3) is 0 Å². The molecule has 0 aromatic rings. The van der Waals surface area contributed by atoms with Gasteiger partial charge in [-0.1, -0.05) is 0 Å². The molecule has 0 aliphatic heterocycles. The molecule has 13 heavy (non-hydrogen) atoms. The van der Waals surface area contributed by atoms with Crippen molar-refractivity contribution in [3.05, 3.63) is 11.6 Å². The van der Waals surface area contributed by atoms with Crippen molar-refractivity contribution in [2.24, 2.45) is 0 Å². The van der Waals surface area contributed by atoms with E-state index >= 15 is 0 Å². The van der Waals surface area contributed by atoms with Crippen LogP contribution in [0.3, 0.4) is 0 Å². The fraction of sp³-hybridized carbons (Fsp3) is 0.625. The van der Waals surface area contributed by atoms with Gasteiger partial charge in [0.15, 0.2) is 0 Å². The second-order valence-electron chi connectivity index (χ2n) is 2.84. The van der Waals surface area contributed by atoms with E-state index in [1.54, 1.807) is 6.92 Å². The van der Waals surface area contributed by atoms with E-state index in [9.17, 15) is 4.79 Å². The molecule has 0 spiro atoms. The molecule has 1 aliphatic rings. The summed E-state index contributed by atoms with van der Waals surface area (Å²) in [6.45, 7) is 2.18. The first-order valence-electron chi connectivity index (χ1n) is 4.27. The molecular weight excluding hydrogens is 169 g/mol. The van der Waals surface area contributed by atoms with Crippen LogP contribution in [0, 0.1) is 5.31 Å². The number of carbonyl (C=O) groups excluding carboxylic acids is 1. The van der Waals surface area contributed by atoms with Crippen LogP contribution in [0.25, 0.3) is 0 Å². The van der Waals surface area contributed by atoms with Crippen LogP contribution in [0.2, 0.25) is 0 Å². The van der Waals surface area contributed by atoms with Gasteiger partial charge in [-0.05, 0) is 0 Å². The second-order valence-corrected chi connectivity index (χ2v) is 2.84.